The Morgan fingerprint density at radius 3 is 2.35 bits per heavy atom. The van der Waals surface area contributed by atoms with E-state index < -0.39 is 6.10 Å². The third kappa shape index (κ3) is 3.20. The van der Waals surface area contributed by atoms with Crippen LogP contribution in [0.15, 0.2) is 24.3 Å². The Labute approximate surface area is 104 Å². The molecule has 3 nitrogen and oxygen atoms in total. The summed E-state index contributed by atoms with van der Waals surface area (Å²) in [5, 5.41) is 10.4. The van der Waals surface area contributed by atoms with Gasteiger partial charge >= 0.3 is 0 Å². The third-order valence-electron chi connectivity index (χ3n) is 3.06. The molecule has 0 aliphatic carbocycles. The van der Waals surface area contributed by atoms with Crippen LogP contribution in [0.1, 0.15) is 32.3 Å². The molecule has 0 spiro atoms. The quantitative estimate of drug-likeness (QED) is 0.843. The molecule has 2 atom stereocenters. The predicted octanol–water partition coefficient (Wildman–Crippen LogP) is 2.14. The van der Waals surface area contributed by atoms with Gasteiger partial charge in [-0.1, -0.05) is 39.0 Å². The molecular formula is C14H23NO2. The lowest BCUT2D eigenvalue weighted by Gasteiger charge is -2.33. The third-order valence-corrected chi connectivity index (χ3v) is 3.06. The maximum Gasteiger partial charge on any atom is 0.122 e. The van der Waals surface area contributed by atoms with Gasteiger partial charge in [0.05, 0.1) is 13.2 Å². The highest BCUT2D eigenvalue weighted by molar-refractivity contribution is 5.37. The maximum atomic E-state index is 10.4. The van der Waals surface area contributed by atoms with Crippen LogP contribution in [0.4, 0.5) is 0 Å². The van der Waals surface area contributed by atoms with Crippen LogP contribution in [0.5, 0.6) is 5.75 Å². The van der Waals surface area contributed by atoms with Gasteiger partial charge < -0.3 is 15.6 Å². The molecule has 3 N–H and O–H groups in total. The van der Waals surface area contributed by atoms with E-state index in [2.05, 4.69) is 0 Å². The zero-order valence-electron chi connectivity index (χ0n) is 11.1. The van der Waals surface area contributed by atoms with E-state index in [9.17, 15) is 5.11 Å². The summed E-state index contributed by atoms with van der Waals surface area (Å²) in [4.78, 5) is 0. The fourth-order valence-electron chi connectivity index (χ4n) is 2.00. The summed E-state index contributed by atoms with van der Waals surface area (Å²) in [6.45, 7) is 6.43. The summed E-state index contributed by atoms with van der Waals surface area (Å²) in [6.07, 6.45) is -0.496. The molecule has 0 amide bonds. The van der Waals surface area contributed by atoms with E-state index in [0.29, 0.717) is 6.54 Å². The molecule has 96 valence electrons. The molecule has 17 heavy (non-hydrogen) atoms. The lowest BCUT2D eigenvalue weighted by atomic mass is 9.78. The zero-order chi connectivity index (χ0) is 13.1. The molecule has 2 unspecified atom stereocenters. The van der Waals surface area contributed by atoms with Crippen LogP contribution in [0.3, 0.4) is 0 Å². The van der Waals surface area contributed by atoms with E-state index in [4.69, 9.17) is 10.5 Å². The zero-order valence-corrected chi connectivity index (χ0v) is 11.1. The van der Waals surface area contributed by atoms with Gasteiger partial charge in [-0.05, 0) is 11.5 Å². The Kier molecular flexibility index (Phi) is 4.54. The number of para-hydroxylation sites is 1. The van der Waals surface area contributed by atoms with Crippen molar-refractivity contribution in [3.63, 3.8) is 0 Å². The Morgan fingerprint density at radius 1 is 1.29 bits per heavy atom. The Bertz CT molecular complexity index is 357. The normalized spacial score (nSPS) is 15.4. The molecule has 0 saturated carbocycles. The second-order valence-electron chi connectivity index (χ2n) is 5.40. The number of hydrogen-bond acceptors (Lipinski definition) is 3. The highest BCUT2D eigenvalue weighted by Crippen LogP contribution is 2.35. The van der Waals surface area contributed by atoms with Gasteiger partial charge in [0, 0.05) is 18.0 Å². The van der Waals surface area contributed by atoms with Gasteiger partial charge in [0.25, 0.3) is 0 Å². The first-order valence-corrected chi connectivity index (χ1v) is 5.93. The molecule has 1 aromatic carbocycles. The monoisotopic (exact) mass is 237 g/mol. The largest absolute Gasteiger partial charge is 0.496 e. The molecule has 0 aromatic heterocycles. The minimum Gasteiger partial charge on any atom is -0.496 e. The van der Waals surface area contributed by atoms with Crippen LogP contribution in [0.25, 0.3) is 0 Å². The number of rotatable bonds is 4. The first kappa shape index (κ1) is 14.0. The first-order valence-electron chi connectivity index (χ1n) is 5.93. The fraction of sp³-hybridized carbons (Fsp3) is 0.571. The highest BCUT2D eigenvalue weighted by Gasteiger charge is 2.31. The summed E-state index contributed by atoms with van der Waals surface area (Å²) in [5.41, 5.74) is 6.58. The molecule has 0 fully saturated rings. The van der Waals surface area contributed by atoms with E-state index >= 15 is 0 Å². The average molecular weight is 237 g/mol. The van der Waals surface area contributed by atoms with Crippen LogP contribution >= 0.6 is 0 Å². The van der Waals surface area contributed by atoms with Crippen molar-refractivity contribution < 1.29 is 9.84 Å². The van der Waals surface area contributed by atoms with Gasteiger partial charge in [-0.2, -0.15) is 0 Å². The van der Waals surface area contributed by atoms with Crippen LogP contribution in [-0.2, 0) is 0 Å². The van der Waals surface area contributed by atoms with Gasteiger partial charge in [-0.25, -0.2) is 0 Å². The van der Waals surface area contributed by atoms with Crippen molar-refractivity contribution in [1.29, 1.82) is 0 Å². The van der Waals surface area contributed by atoms with E-state index in [-0.39, 0.29) is 11.3 Å². The van der Waals surface area contributed by atoms with Gasteiger partial charge in [0.1, 0.15) is 5.75 Å². The molecule has 0 aliphatic heterocycles. The number of methoxy groups -OCH3 is 1. The first-order chi connectivity index (χ1) is 7.91. The van der Waals surface area contributed by atoms with Gasteiger partial charge in [0.2, 0.25) is 0 Å². The Morgan fingerprint density at radius 2 is 1.88 bits per heavy atom. The molecule has 0 heterocycles. The Hall–Kier alpha value is -1.06. The van der Waals surface area contributed by atoms with Crippen LogP contribution in [0.2, 0.25) is 0 Å². The molecule has 3 heteroatoms. The van der Waals surface area contributed by atoms with E-state index in [1.54, 1.807) is 7.11 Å². The maximum absolute atomic E-state index is 10.4. The van der Waals surface area contributed by atoms with Crippen molar-refractivity contribution in [3.05, 3.63) is 29.8 Å². The van der Waals surface area contributed by atoms with Crippen molar-refractivity contribution in [2.75, 3.05) is 13.7 Å². The average Bonchev–Trinajstić information content (AvgIpc) is 2.29. The molecule has 1 rings (SSSR count). The van der Waals surface area contributed by atoms with Crippen molar-refractivity contribution in [3.8, 4) is 5.75 Å². The standard InChI is InChI=1S/C14H23NO2/c1-14(2,3)13(16)11(9-15)10-7-5-6-8-12(10)17-4/h5-8,11,13,16H,9,15H2,1-4H3. The summed E-state index contributed by atoms with van der Waals surface area (Å²) in [7, 11) is 1.63. The van der Waals surface area contributed by atoms with Gasteiger partial charge in [-0.15, -0.1) is 0 Å². The second-order valence-corrected chi connectivity index (χ2v) is 5.40. The molecule has 1 aromatic rings. The Balaban J connectivity index is 3.09. The van der Waals surface area contributed by atoms with E-state index in [0.717, 1.165) is 11.3 Å². The number of hydrogen-bond donors (Lipinski definition) is 2. The SMILES string of the molecule is COc1ccccc1C(CN)C(O)C(C)(C)C. The van der Waals surface area contributed by atoms with Gasteiger partial charge in [0.15, 0.2) is 0 Å². The van der Waals surface area contributed by atoms with Gasteiger partial charge in [-0.3, -0.25) is 0 Å². The predicted molar refractivity (Wildman–Crippen MR) is 70.3 cm³/mol. The number of benzene rings is 1. The summed E-state index contributed by atoms with van der Waals surface area (Å²) in [5.74, 6) is 0.678. The summed E-state index contributed by atoms with van der Waals surface area (Å²) >= 11 is 0. The minimum absolute atomic E-state index is 0.105. The topological polar surface area (TPSA) is 55.5 Å². The lowest BCUT2D eigenvalue weighted by Crippen LogP contribution is -2.36. The van der Waals surface area contributed by atoms with Crippen LogP contribution in [0, 0.1) is 5.41 Å². The summed E-state index contributed by atoms with van der Waals surface area (Å²) < 4.78 is 5.32. The number of aliphatic hydroxyl groups excluding tert-OH is 1. The van der Waals surface area contributed by atoms with Crippen molar-refractivity contribution in [2.45, 2.75) is 32.8 Å². The van der Waals surface area contributed by atoms with E-state index in [1.165, 1.54) is 0 Å². The lowest BCUT2D eigenvalue weighted by molar-refractivity contribution is 0.0401. The molecule has 0 radical (unpaired) electrons. The second kappa shape index (κ2) is 5.52. The number of ether oxygens (including phenoxy) is 1. The van der Waals surface area contributed by atoms with Crippen molar-refractivity contribution in [2.24, 2.45) is 11.1 Å². The van der Waals surface area contributed by atoms with Crippen LogP contribution in [-0.4, -0.2) is 24.9 Å². The molecule has 0 aliphatic rings. The van der Waals surface area contributed by atoms with Crippen LogP contribution < -0.4 is 10.5 Å². The smallest absolute Gasteiger partial charge is 0.122 e. The fourth-order valence-corrected chi connectivity index (χ4v) is 2.00. The molecule has 0 saturated heterocycles. The van der Waals surface area contributed by atoms with E-state index in [1.807, 2.05) is 45.0 Å². The highest BCUT2D eigenvalue weighted by atomic mass is 16.5. The van der Waals surface area contributed by atoms with Crippen molar-refractivity contribution in [1.82, 2.24) is 0 Å². The van der Waals surface area contributed by atoms with Crippen molar-refractivity contribution >= 4 is 0 Å². The summed E-state index contributed by atoms with van der Waals surface area (Å²) in [6, 6.07) is 7.72. The number of aliphatic hydroxyl groups is 1. The number of nitrogens with two attached hydrogens (primary N) is 1. The molecular weight excluding hydrogens is 214 g/mol. The molecule has 0 bridgehead atoms. The minimum atomic E-state index is -0.496.